The van der Waals surface area contributed by atoms with E-state index in [0.29, 0.717) is 17.5 Å². The maximum absolute atomic E-state index is 13.8. The van der Waals surface area contributed by atoms with Crippen LogP contribution in [-0.2, 0) is 6.42 Å². The fourth-order valence-corrected chi connectivity index (χ4v) is 2.95. The number of aromatic nitrogens is 4. The van der Waals surface area contributed by atoms with E-state index >= 15 is 0 Å². The van der Waals surface area contributed by atoms with Crippen LogP contribution in [0.15, 0.2) is 41.8 Å². The lowest BCUT2D eigenvalue weighted by Gasteiger charge is -2.03. The van der Waals surface area contributed by atoms with Gasteiger partial charge in [-0.15, -0.1) is 21.5 Å². The molecule has 2 heterocycles. The molecule has 3 rings (SSSR count). The maximum atomic E-state index is 13.8. The van der Waals surface area contributed by atoms with Crippen molar-refractivity contribution in [2.45, 2.75) is 6.42 Å². The fraction of sp³-hybridized carbons (Fsp3) is 0.0667. The molecule has 0 atom stereocenters. The predicted octanol–water partition coefficient (Wildman–Crippen LogP) is 2.77. The van der Waals surface area contributed by atoms with E-state index in [4.69, 9.17) is 0 Å². The fourth-order valence-electron chi connectivity index (χ4n) is 2.05. The molecule has 1 aromatic carbocycles. The van der Waals surface area contributed by atoms with Crippen LogP contribution in [0.3, 0.4) is 0 Å². The van der Waals surface area contributed by atoms with Crippen LogP contribution in [0.25, 0.3) is 5.76 Å². The number of tetrazole rings is 1. The van der Waals surface area contributed by atoms with Gasteiger partial charge in [-0.1, -0.05) is 18.2 Å². The molecule has 2 aromatic heterocycles. The van der Waals surface area contributed by atoms with Crippen LogP contribution in [-0.4, -0.2) is 31.5 Å². The largest absolute Gasteiger partial charge is 0.504 e. The first-order valence-corrected chi connectivity index (χ1v) is 7.51. The Hall–Kier alpha value is -2.87. The van der Waals surface area contributed by atoms with Crippen molar-refractivity contribution in [1.29, 1.82) is 0 Å². The summed E-state index contributed by atoms with van der Waals surface area (Å²) in [5.74, 6) is -1.17. The van der Waals surface area contributed by atoms with Crippen molar-refractivity contribution in [2.75, 3.05) is 0 Å². The van der Waals surface area contributed by atoms with Crippen LogP contribution in [0.2, 0.25) is 0 Å². The molecule has 6 nitrogen and oxygen atoms in total. The Bertz CT molecular complexity index is 858. The number of ketones is 1. The summed E-state index contributed by atoms with van der Waals surface area (Å²) >= 11 is 1.36. The quantitative estimate of drug-likeness (QED) is 0.426. The first-order valence-electron chi connectivity index (χ1n) is 6.63. The summed E-state index contributed by atoms with van der Waals surface area (Å²) in [6.45, 7) is 0. The van der Waals surface area contributed by atoms with Gasteiger partial charge in [0.1, 0.15) is 5.82 Å². The number of halogens is 1. The van der Waals surface area contributed by atoms with Gasteiger partial charge < -0.3 is 5.11 Å². The second kappa shape index (κ2) is 6.49. The molecule has 0 bridgehead atoms. The van der Waals surface area contributed by atoms with E-state index in [1.807, 2.05) is 0 Å². The molecular formula is C15H11FN4O2S. The average Bonchev–Trinajstić information content (AvgIpc) is 3.20. The number of carbonyl (C=O) groups excluding carboxylic acids is 1. The standard InChI is InChI=1S/C15H11FN4O2S/c16-11-4-2-1-3-9(11)7-14-10(5-6-23-14)12(21)8-13(22)15-17-19-20-18-15/h1-6,8,22H,7H2,(H,17,18,19,20). The Kier molecular flexibility index (Phi) is 4.24. The zero-order chi connectivity index (χ0) is 16.2. The molecule has 0 fully saturated rings. The minimum Gasteiger partial charge on any atom is -0.504 e. The normalized spacial score (nSPS) is 11.6. The van der Waals surface area contributed by atoms with Gasteiger partial charge in [0.15, 0.2) is 11.5 Å². The number of H-pyrrole nitrogens is 1. The summed E-state index contributed by atoms with van der Waals surface area (Å²) in [7, 11) is 0. The second-order valence-electron chi connectivity index (χ2n) is 4.65. The molecule has 0 spiro atoms. The zero-order valence-corrected chi connectivity index (χ0v) is 12.5. The lowest BCUT2D eigenvalue weighted by atomic mass is 10.0. The number of benzene rings is 1. The molecular weight excluding hydrogens is 319 g/mol. The highest BCUT2D eigenvalue weighted by Gasteiger charge is 2.15. The predicted molar refractivity (Wildman–Crippen MR) is 82.6 cm³/mol. The molecule has 23 heavy (non-hydrogen) atoms. The van der Waals surface area contributed by atoms with Gasteiger partial charge in [0.05, 0.1) is 0 Å². The van der Waals surface area contributed by atoms with Crippen LogP contribution in [0, 0.1) is 5.82 Å². The van der Waals surface area contributed by atoms with Gasteiger partial charge in [0, 0.05) is 22.9 Å². The van der Waals surface area contributed by atoms with Gasteiger partial charge in [-0.3, -0.25) is 4.79 Å². The molecule has 3 aromatic rings. The highest BCUT2D eigenvalue weighted by Crippen LogP contribution is 2.23. The lowest BCUT2D eigenvalue weighted by Crippen LogP contribution is -2.01. The molecule has 0 amide bonds. The molecule has 8 heteroatoms. The number of allylic oxidation sites excluding steroid dienone is 1. The smallest absolute Gasteiger partial charge is 0.239 e. The second-order valence-corrected chi connectivity index (χ2v) is 5.66. The number of nitrogens with zero attached hydrogens (tertiary/aromatic N) is 3. The minimum absolute atomic E-state index is 0.0655. The third kappa shape index (κ3) is 3.32. The van der Waals surface area contributed by atoms with E-state index in [1.165, 1.54) is 17.4 Å². The Balaban J connectivity index is 1.85. The summed E-state index contributed by atoms with van der Waals surface area (Å²) in [5.41, 5.74) is 0.920. The monoisotopic (exact) mass is 330 g/mol. The minimum atomic E-state index is -0.403. The number of rotatable bonds is 5. The number of carbonyl (C=O) groups is 1. The van der Waals surface area contributed by atoms with Crippen molar-refractivity contribution in [3.63, 3.8) is 0 Å². The number of thiophene rings is 1. The van der Waals surface area contributed by atoms with Crippen molar-refractivity contribution in [2.24, 2.45) is 0 Å². The number of aliphatic hydroxyl groups excluding tert-OH is 1. The lowest BCUT2D eigenvalue weighted by molar-refractivity contribution is 0.104. The van der Waals surface area contributed by atoms with Gasteiger partial charge in [0.2, 0.25) is 5.82 Å². The van der Waals surface area contributed by atoms with Crippen molar-refractivity contribution >= 4 is 22.9 Å². The summed E-state index contributed by atoms with van der Waals surface area (Å²) in [6, 6.07) is 8.06. The van der Waals surface area contributed by atoms with E-state index in [0.717, 1.165) is 11.0 Å². The van der Waals surface area contributed by atoms with Gasteiger partial charge in [-0.25, -0.2) is 4.39 Å². The Morgan fingerprint density at radius 3 is 2.91 bits per heavy atom. The first kappa shape index (κ1) is 15.0. The van der Waals surface area contributed by atoms with E-state index in [2.05, 4.69) is 20.6 Å². The van der Waals surface area contributed by atoms with Crippen LogP contribution >= 0.6 is 11.3 Å². The third-order valence-corrected chi connectivity index (χ3v) is 4.08. The Morgan fingerprint density at radius 2 is 2.17 bits per heavy atom. The average molecular weight is 330 g/mol. The van der Waals surface area contributed by atoms with Gasteiger partial charge >= 0.3 is 0 Å². The van der Waals surface area contributed by atoms with E-state index in [9.17, 15) is 14.3 Å². The van der Waals surface area contributed by atoms with E-state index in [1.54, 1.807) is 29.6 Å². The molecule has 0 aliphatic rings. The molecule has 0 aliphatic heterocycles. The number of hydrogen-bond acceptors (Lipinski definition) is 6. The van der Waals surface area contributed by atoms with Crippen LogP contribution in [0.4, 0.5) is 4.39 Å². The summed E-state index contributed by atoms with van der Waals surface area (Å²) in [4.78, 5) is 13.0. The third-order valence-electron chi connectivity index (χ3n) is 3.16. The van der Waals surface area contributed by atoms with Crippen molar-refractivity contribution < 1.29 is 14.3 Å². The van der Waals surface area contributed by atoms with Crippen molar-refractivity contribution in [3.05, 3.63) is 69.4 Å². The molecule has 0 radical (unpaired) electrons. The molecule has 0 saturated heterocycles. The van der Waals surface area contributed by atoms with Crippen molar-refractivity contribution in [3.8, 4) is 0 Å². The molecule has 0 saturated carbocycles. The number of nitrogens with one attached hydrogen (secondary N) is 1. The topological polar surface area (TPSA) is 91.8 Å². The maximum Gasteiger partial charge on any atom is 0.239 e. The summed E-state index contributed by atoms with van der Waals surface area (Å²) < 4.78 is 13.8. The zero-order valence-electron chi connectivity index (χ0n) is 11.7. The number of aliphatic hydroxyl groups is 1. The summed E-state index contributed by atoms with van der Waals surface area (Å²) in [6.07, 6.45) is 1.33. The van der Waals surface area contributed by atoms with Gasteiger partial charge in [0.25, 0.3) is 0 Å². The molecule has 0 aliphatic carbocycles. The van der Waals surface area contributed by atoms with E-state index < -0.39 is 5.78 Å². The Morgan fingerprint density at radius 1 is 1.35 bits per heavy atom. The molecule has 116 valence electrons. The molecule has 0 unspecified atom stereocenters. The van der Waals surface area contributed by atoms with Crippen molar-refractivity contribution in [1.82, 2.24) is 20.6 Å². The number of hydrogen-bond donors (Lipinski definition) is 2. The van der Waals surface area contributed by atoms with Gasteiger partial charge in [-0.2, -0.15) is 5.21 Å². The first-order chi connectivity index (χ1) is 11.1. The Labute approximate surface area is 134 Å². The van der Waals surface area contributed by atoms with Crippen LogP contribution < -0.4 is 0 Å². The number of aromatic amines is 1. The van der Waals surface area contributed by atoms with Gasteiger partial charge in [-0.05, 0) is 28.3 Å². The highest BCUT2D eigenvalue weighted by molar-refractivity contribution is 7.10. The van der Waals surface area contributed by atoms with Crippen LogP contribution in [0.1, 0.15) is 26.6 Å². The SMILES string of the molecule is O=C(C=C(O)c1nn[nH]n1)c1ccsc1Cc1ccccc1F. The highest BCUT2D eigenvalue weighted by atomic mass is 32.1. The van der Waals surface area contributed by atoms with E-state index in [-0.39, 0.29) is 17.4 Å². The summed E-state index contributed by atoms with van der Waals surface area (Å²) in [5, 5.41) is 24.2. The van der Waals surface area contributed by atoms with Crippen LogP contribution in [0.5, 0.6) is 0 Å². The molecule has 2 N–H and O–H groups in total.